The molecule has 0 saturated heterocycles. The third kappa shape index (κ3) is 4.14. The van der Waals surface area contributed by atoms with Crippen molar-refractivity contribution < 1.29 is 14.8 Å². The van der Waals surface area contributed by atoms with Gasteiger partial charge in [-0.1, -0.05) is 24.3 Å². The molecule has 0 radical (unpaired) electrons. The number of nitro groups is 1. The third-order valence-electron chi connectivity index (χ3n) is 2.84. The van der Waals surface area contributed by atoms with Crippen molar-refractivity contribution in [2.24, 2.45) is 5.10 Å². The highest BCUT2D eigenvalue weighted by Crippen LogP contribution is 2.13. The third-order valence-corrected chi connectivity index (χ3v) is 2.84. The van der Waals surface area contributed by atoms with Crippen LogP contribution in [-0.2, 0) is 11.2 Å². The quantitative estimate of drug-likeness (QED) is 0.500. The highest BCUT2D eigenvalue weighted by Gasteiger charge is 2.06. The lowest BCUT2D eigenvalue weighted by Gasteiger charge is -2.01. The lowest BCUT2D eigenvalue weighted by molar-refractivity contribution is -0.384. The molecule has 0 atom stereocenters. The number of nitrogens with one attached hydrogen (secondary N) is 1. The number of phenolic OH excluding ortho intramolecular Hbond substituents is 1. The molecule has 0 aliphatic rings. The molecular weight excluding hydrogens is 286 g/mol. The average molecular weight is 299 g/mol. The molecule has 0 spiro atoms. The lowest BCUT2D eigenvalue weighted by atomic mass is 10.1. The summed E-state index contributed by atoms with van der Waals surface area (Å²) in [6.45, 7) is 0. The number of phenols is 1. The largest absolute Gasteiger partial charge is 0.507 e. The van der Waals surface area contributed by atoms with Crippen molar-refractivity contribution >= 4 is 17.8 Å². The molecule has 2 aromatic rings. The number of amides is 1. The van der Waals surface area contributed by atoms with Crippen molar-refractivity contribution in [1.82, 2.24) is 5.43 Å². The summed E-state index contributed by atoms with van der Waals surface area (Å²) in [6.07, 6.45) is 1.39. The molecule has 2 aromatic carbocycles. The van der Waals surface area contributed by atoms with Gasteiger partial charge >= 0.3 is 0 Å². The minimum Gasteiger partial charge on any atom is -0.507 e. The first-order chi connectivity index (χ1) is 10.6. The second kappa shape index (κ2) is 6.98. The number of benzene rings is 2. The second-order valence-electron chi connectivity index (χ2n) is 4.45. The fraction of sp³-hybridized carbons (Fsp3) is 0.0667. The summed E-state index contributed by atoms with van der Waals surface area (Å²) in [4.78, 5) is 21.7. The number of para-hydroxylation sites is 1. The number of hydrazone groups is 1. The molecule has 112 valence electrons. The normalized spacial score (nSPS) is 10.5. The molecule has 0 bridgehead atoms. The summed E-state index contributed by atoms with van der Waals surface area (Å²) in [5.41, 5.74) is 3.43. The van der Waals surface area contributed by atoms with Crippen LogP contribution in [0.2, 0.25) is 0 Å². The van der Waals surface area contributed by atoms with E-state index in [1.165, 1.54) is 36.5 Å². The molecule has 22 heavy (non-hydrogen) atoms. The van der Waals surface area contributed by atoms with Gasteiger partial charge in [-0.3, -0.25) is 14.9 Å². The van der Waals surface area contributed by atoms with E-state index >= 15 is 0 Å². The van der Waals surface area contributed by atoms with E-state index in [0.717, 1.165) is 0 Å². The smallest absolute Gasteiger partial charge is 0.269 e. The topological polar surface area (TPSA) is 105 Å². The van der Waals surface area contributed by atoms with Gasteiger partial charge in [-0.15, -0.1) is 0 Å². The van der Waals surface area contributed by atoms with Crippen LogP contribution >= 0.6 is 0 Å². The van der Waals surface area contributed by atoms with Gasteiger partial charge in [0, 0.05) is 17.7 Å². The average Bonchev–Trinajstić information content (AvgIpc) is 2.50. The second-order valence-corrected chi connectivity index (χ2v) is 4.45. The predicted molar refractivity (Wildman–Crippen MR) is 80.6 cm³/mol. The van der Waals surface area contributed by atoms with Gasteiger partial charge < -0.3 is 5.11 Å². The van der Waals surface area contributed by atoms with Crippen molar-refractivity contribution in [2.45, 2.75) is 6.42 Å². The monoisotopic (exact) mass is 299 g/mol. The number of aromatic hydroxyl groups is 1. The molecule has 0 aliphatic heterocycles. The van der Waals surface area contributed by atoms with E-state index in [9.17, 15) is 20.0 Å². The number of nitrogens with zero attached hydrogens (tertiary/aromatic N) is 2. The maximum atomic E-state index is 11.7. The Morgan fingerprint density at radius 2 is 1.91 bits per heavy atom. The van der Waals surface area contributed by atoms with Gasteiger partial charge in [0.25, 0.3) is 5.69 Å². The number of carbonyl (C=O) groups excluding carboxylic acids is 1. The number of hydrogen-bond donors (Lipinski definition) is 2. The molecule has 7 heteroatoms. The maximum absolute atomic E-state index is 11.7. The minimum atomic E-state index is -0.500. The molecule has 0 saturated carbocycles. The summed E-state index contributed by atoms with van der Waals surface area (Å²) < 4.78 is 0. The van der Waals surface area contributed by atoms with Crippen LogP contribution in [0.25, 0.3) is 0 Å². The van der Waals surface area contributed by atoms with E-state index in [2.05, 4.69) is 10.5 Å². The van der Waals surface area contributed by atoms with Crippen LogP contribution in [0.3, 0.4) is 0 Å². The van der Waals surface area contributed by atoms with Gasteiger partial charge in [0.15, 0.2) is 0 Å². The Morgan fingerprint density at radius 3 is 2.55 bits per heavy atom. The Bertz CT molecular complexity index is 711. The molecule has 0 heterocycles. The minimum absolute atomic E-state index is 0.0262. The molecule has 7 nitrogen and oxygen atoms in total. The van der Waals surface area contributed by atoms with E-state index < -0.39 is 4.92 Å². The Hall–Kier alpha value is -3.22. The first kappa shape index (κ1) is 15.2. The van der Waals surface area contributed by atoms with Gasteiger partial charge in [-0.05, 0) is 17.7 Å². The summed E-state index contributed by atoms with van der Waals surface area (Å²) in [5.74, 6) is -0.295. The first-order valence-corrected chi connectivity index (χ1v) is 6.39. The van der Waals surface area contributed by atoms with Crippen LogP contribution in [0.4, 0.5) is 5.69 Å². The fourth-order valence-corrected chi connectivity index (χ4v) is 1.73. The lowest BCUT2D eigenvalue weighted by Crippen LogP contribution is -2.19. The van der Waals surface area contributed by atoms with Crippen LogP contribution in [0.1, 0.15) is 11.1 Å². The predicted octanol–water partition coefficient (Wildman–Crippen LogP) is 1.99. The van der Waals surface area contributed by atoms with Gasteiger partial charge in [0.05, 0.1) is 17.6 Å². The molecule has 0 fully saturated rings. The SMILES string of the molecule is O=C(Cc1ccc([N+](=O)[O-])cc1)NN=Cc1ccccc1O. The molecule has 1 amide bonds. The Balaban J connectivity index is 1.90. The summed E-state index contributed by atoms with van der Waals surface area (Å²) in [5, 5.41) is 23.8. The van der Waals surface area contributed by atoms with Gasteiger partial charge in [-0.2, -0.15) is 5.10 Å². The molecule has 0 aromatic heterocycles. The highest BCUT2D eigenvalue weighted by atomic mass is 16.6. The van der Waals surface area contributed by atoms with Gasteiger partial charge in [-0.25, -0.2) is 5.43 Å². The van der Waals surface area contributed by atoms with Crippen molar-refractivity contribution in [2.75, 3.05) is 0 Å². The summed E-state index contributed by atoms with van der Waals surface area (Å²) >= 11 is 0. The van der Waals surface area contributed by atoms with E-state index in [-0.39, 0.29) is 23.8 Å². The highest BCUT2D eigenvalue weighted by molar-refractivity contribution is 5.85. The molecular formula is C15H13N3O4. The molecule has 0 aliphatic carbocycles. The van der Waals surface area contributed by atoms with Crippen LogP contribution in [0, 0.1) is 10.1 Å². The standard InChI is InChI=1S/C15H13N3O4/c19-14-4-2-1-3-12(14)10-16-17-15(20)9-11-5-7-13(8-6-11)18(21)22/h1-8,10,19H,9H2,(H,17,20). The summed E-state index contributed by atoms with van der Waals surface area (Å²) in [6, 6.07) is 12.3. The fourth-order valence-electron chi connectivity index (χ4n) is 1.73. The molecule has 2 N–H and O–H groups in total. The van der Waals surface area contributed by atoms with E-state index in [1.54, 1.807) is 18.2 Å². The van der Waals surface area contributed by atoms with Crippen LogP contribution in [0.5, 0.6) is 5.75 Å². The van der Waals surface area contributed by atoms with Crippen LogP contribution < -0.4 is 5.43 Å². The summed E-state index contributed by atoms with van der Waals surface area (Å²) in [7, 11) is 0. The van der Waals surface area contributed by atoms with Crippen LogP contribution in [0.15, 0.2) is 53.6 Å². The number of non-ortho nitro benzene ring substituents is 1. The van der Waals surface area contributed by atoms with E-state index in [1.807, 2.05) is 0 Å². The Labute approximate surface area is 126 Å². The molecule has 0 unspecified atom stereocenters. The zero-order chi connectivity index (χ0) is 15.9. The number of rotatable bonds is 5. The molecule has 2 rings (SSSR count). The Morgan fingerprint density at radius 1 is 1.23 bits per heavy atom. The first-order valence-electron chi connectivity index (χ1n) is 6.39. The van der Waals surface area contributed by atoms with Gasteiger partial charge in [0.1, 0.15) is 5.75 Å². The van der Waals surface area contributed by atoms with E-state index in [0.29, 0.717) is 11.1 Å². The van der Waals surface area contributed by atoms with Crippen molar-refractivity contribution in [3.8, 4) is 5.75 Å². The zero-order valence-corrected chi connectivity index (χ0v) is 11.5. The zero-order valence-electron chi connectivity index (χ0n) is 11.5. The number of carbonyl (C=O) groups is 1. The Kier molecular flexibility index (Phi) is 4.81. The van der Waals surface area contributed by atoms with E-state index in [4.69, 9.17) is 0 Å². The van der Waals surface area contributed by atoms with Crippen molar-refractivity contribution in [3.63, 3.8) is 0 Å². The van der Waals surface area contributed by atoms with Crippen LogP contribution in [-0.4, -0.2) is 22.2 Å². The van der Waals surface area contributed by atoms with Gasteiger partial charge in [0.2, 0.25) is 5.91 Å². The maximum Gasteiger partial charge on any atom is 0.269 e. The van der Waals surface area contributed by atoms with Crippen molar-refractivity contribution in [3.05, 3.63) is 69.8 Å². The number of nitro benzene ring substituents is 1. The van der Waals surface area contributed by atoms with Crippen molar-refractivity contribution in [1.29, 1.82) is 0 Å². The number of hydrogen-bond acceptors (Lipinski definition) is 5.